The fraction of sp³-hybridized carbons (Fsp3) is 0.462. The minimum absolute atomic E-state index is 0.257. The Hall–Kier alpha value is -1.51. The average molecular weight is 216 g/mol. The molecule has 1 aromatic rings. The van der Waals surface area contributed by atoms with Crippen molar-refractivity contribution < 1.29 is 4.79 Å². The van der Waals surface area contributed by atoms with Crippen LogP contribution in [0.3, 0.4) is 0 Å². The van der Waals surface area contributed by atoms with E-state index < -0.39 is 0 Å². The minimum Gasteiger partial charge on any atom is -0.399 e. The lowest BCUT2D eigenvalue weighted by molar-refractivity contribution is -0.119. The molecule has 0 spiro atoms. The van der Waals surface area contributed by atoms with Crippen molar-refractivity contribution in [2.24, 2.45) is 11.8 Å². The quantitative estimate of drug-likeness (QED) is 0.728. The zero-order valence-electron chi connectivity index (χ0n) is 9.44. The number of amides is 1. The second kappa shape index (κ2) is 3.24. The van der Waals surface area contributed by atoms with Crippen molar-refractivity contribution in [3.05, 3.63) is 23.8 Å². The summed E-state index contributed by atoms with van der Waals surface area (Å²) in [6.45, 7) is 2.96. The lowest BCUT2D eigenvalue weighted by Gasteiger charge is -2.17. The molecule has 1 heterocycles. The first-order chi connectivity index (χ1) is 7.66. The van der Waals surface area contributed by atoms with Crippen LogP contribution in [-0.2, 0) is 11.2 Å². The number of nitrogen functional groups attached to an aromatic ring is 1. The number of fused-ring (bicyclic) bond motifs is 1. The van der Waals surface area contributed by atoms with E-state index >= 15 is 0 Å². The molecule has 0 bridgehead atoms. The van der Waals surface area contributed by atoms with Crippen LogP contribution in [0.25, 0.3) is 0 Å². The molecule has 2 unspecified atom stereocenters. The van der Waals surface area contributed by atoms with E-state index in [4.69, 9.17) is 5.73 Å². The van der Waals surface area contributed by atoms with Crippen LogP contribution in [-0.4, -0.2) is 12.5 Å². The largest absolute Gasteiger partial charge is 0.399 e. The fourth-order valence-corrected chi connectivity index (χ4v) is 2.49. The van der Waals surface area contributed by atoms with E-state index in [0.29, 0.717) is 5.92 Å². The zero-order chi connectivity index (χ0) is 11.3. The lowest BCUT2D eigenvalue weighted by Crippen LogP contribution is -2.30. The van der Waals surface area contributed by atoms with Gasteiger partial charge in [0.1, 0.15) is 0 Å². The van der Waals surface area contributed by atoms with Gasteiger partial charge in [0.25, 0.3) is 0 Å². The van der Waals surface area contributed by atoms with E-state index in [1.807, 2.05) is 23.1 Å². The summed E-state index contributed by atoms with van der Waals surface area (Å²) in [4.78, 5) is 14.1. The van der Waals surface area contributed by atoms with Crippen LogP contribution in [0.2, 0.25) is 0 Å². The Balaban J connectivity index is 1.90. The normalized spacial score (nSPS) is 26.7. The van der Waals surface area contributed by atoms with Crippen LogP contribution in [0.5, 0.6) is 0 Å². The summed E-state index contributed by atoms with van der Waals surface area (Å²) in [6.07, 6.45) is 2.01. The second-order valence-electron chi connectivity index (χ2n) is 4.95. The molecule has 2 aliphatic rings. The van der Waals surface area contributed by atoms with Crippen LogP contribution >= 0.6 is 0 Å². The molecule has 0 radical (unpaired) electrons. The van der Waals surface area contributed by atoms with E-state index in [1.54, 1.807) is 0 Å². The number of hydrogen-bond donors (Lipinski definition) is 1. The highest BCUT2D eigenvalue weighted by Crippen LogP contribution is 2.42. The standard InChI is InChI=1S/C13H16N2O/c1-8-6-11(8)13(16)15-5-4-9-2-3-10(14)7-12(9)15/h2-3,7-8,11H,4-6,14H2,1H3. The van der Waals surface area contributed by atoms with Gasteiger partial charge in [0, 0.05) is 23.8 Å². The molecule has 3 rings (SSSR count). The summed E-state index contributed by atoms with van der Waals surface area (Å²) in [5.74, 6) is 1.11. The summed E-state index contributed by atoms with van der Waals surface area (Å²) >= 11 is 0. The van der Waals surface area contributed by atoms with E-state index in [2.05, 4.69) is 6.92 Å². The molecule has 0 aromatic heterocycles. The molecule has 84 valence electrons. The van der Waals surface area contributed by atoms with Crippen molar-refractivity contribution >= 4 is 17.3 Å². The van der Waals surface area contributed by atoms with Gasteiger partial charge in [-0.3, -0.25) is 4.79 Å². The molecule has 1 aliphatic carbocycles. The number of nitrogens with zero attached hydrogens (tertiary/aromatic N) is 1. The molecule has 3 nitrogen and oxygen atoms in total. The van der Waals surface area contributed by atoms with E-state index in [1.165, 1.54) is 5.56 Å². The van der Waals surface area contributed by atoms with Gasteiger partial charge >= 0.3 is 0 Å². The Morgan fingerprint density at radius 2 is 2.25 bits per heavy atom. The Morgan fingerprint density at radius 3 is 2.94 bits per heavy atom. The Labute approximate surface area is 95.2 Å². The van der Waals surface area contributed by atoms with Crippen LogP contribution in [0.4, 0.5) is 11.4 Å². The number of rotatable bonds is 1. The lowest BCUT2D eigenvalue weighted by atomic mass is 10.1. The maximum Gasteiger partial charge on any atom is 0.230 e. The van der Waals surface area contributed by atoms with Crippen LogP contribution in [0.1, 0.15) is 18.9 Å². The minimum atomic E-state index is 0.257. The molecule has 2 atom stereocenters. The van der Waals surface area contributed by atoms with E-state index in [9.17, 15) is 4.79 Å². The monoisotopic (exact) mass is 216 g/mol. The number of nitrogens with two attached hydrogens (primary N) is 1. The Bertz CT molecular complexity index is 455. The summed E-state index contributed by atoms with van der Waals surface area (Å²) in [7, 11) is 0. The molecule has 1 aromatic carbocycles. The Kier molecular flexibility index (Phi) is 1.96. The number of carbonyl (C=O) groups excluding carboxylic acids is 1. The third kappa shape index (κ3) is 1.39. The van der Waals surface area contributed by atoms with Gasteiger partial charge < -0.3 is 10.6 Å². The molecular formula is C13H16N2O. The van der Waals surface area contributed by atoms with E-state index in [-0.39, 0.29) is 11.8 Å². The van der Waals surface area contributed by atoms with Gasteiger partial charge in [0.2, 0.25) is 5.91 Å². The van der Waals surface area contributed by atoms with Crippen molar-refractivity contribution in [1.82, 2.24) is 0 Å². The average Bonchev–Trinajstić information content (AvgIpc) is 2.85. The highest BCUT2D eigenvalue weighted by molar-refractivity contribution is 5.99. The third-order valence-corrected chi connectivity index (χ3v) is 3.70. The predicted octanol–water partition coefficient (Wildman–Crippen LogP) is 1.81. The SMILES string of the molecule is CC1CC1C(=O)N1CCc2ccc(N)cc21. The van der Waals surface area contributed by atoms with Crippen LogP contribution in [0.15, 0.2) is 18.2 Å². The molecule has 16 heavy (non-hydrogen) atoms. The predicted molar refractivity (Wildman–Crippen MR) is 64.2 cm³/mol. The summed E-state index contributed by atoms with van der Waals surface area (Å²) in [5, 5.41) is 0. The topological polar surface area (TPSA) is 46.3 Å². The van der Waals surface area contributed by atoms with Gasteiger partial charge in [-0.05, 0) is 36.5 Å². The van der Waals surface area contributed by atoms with Crippen molar-refractivity contribution in [2.45, 2.75) is 19.8 Å². The maximum absolute atomic E-state index is 12.2. The molecule has 3 heteroatoms. The van der Waals surface area contributed by atoms with Crippen molar-refractivity contribution in [3.63, 3.8) is 0 Å². The molecule has 1 aliphatic heterocycles. The number of carbonyl (C=O) groups is 1. The van der Waals surface area contributed by atoms with Crippen molar-refractivity contribution in [2.75, 3.05) is 17.2 Å². The highest BCUT2D eigenvalue weighted by Gasteiger charge is 2.43. The first kappa shape index (κ1) is 9.70. The van der Waals surface area contributed by atoms with Crippen molar-refractivity contribution in [1.29, 1.82) is 0 Å². The molecule has 1 fully saturated rings. The van der Waals surface area contributed by atoms with Gasteiger partial charge in [-0.1, -0.05) is 13.0 Å². The summed E-state index contributed by atoms with van der Waals surface area (Å²) in [5.41, 5.74) is 8.79. The molecule has 2 N–H and O–H groups in total. The Morgan fingerprint density at radius 1 is 1.50 bits per heavy atom. The summed E-state index contributed by atoms with van der Waals surface area (Å²) < 4.78 is 0. The van der Waals surface area contributed by atoms with Gasteiger partial charge in [-0.25, -0.2) is 0 Å². The maximum atomic E-state index is 12.2. The molecular weight excluding hydrogens is 200 g/mol. The highest BCUT2D eigenvalue weighted by atomic mass is 16.2. The van der Waals surface area contributed by atoms with Crippen LogP contribution < -0.4 is 10.6 Å². The zero-order valence-corrected chi connectivity index (χ0v) is 9.44. The third-order valence-electron chi connectivity index (χ3n) is 3.70. The number of hydrogen-bond acceptors (Lipinski definition) is 2. The molecule has 0 saturated heterocycles. The van der Waals surface area contributed by atoms with Gasteiger partial charge in [-0.2, -0.15) is 0 Å². The number of benzene rings is 1. The van der Waals surface area contributed by atoms with Crippen LogP contribution in [0, 0.1) is 11.8 Å². The molecule has 1 saturated carbocycles. The number of anilines is 2. The van der Waals surface area contributed by atoms with Gasteiger partial charge in [-0.15, -0.1) is 0 Å². The fourth-order valence-electron chi connectivity index (χ4n) is 2.49. The first-order valence-corrected chi connectivity index (χ1v) is 5.86. The van der Waals surface area contributed by atoms with Gasteiger partial charge in [0.15, 0.2) is 0 Å². The second-order valence-corrected chi connectivity index (χ2v) is 4.95. The first-order valence-electron chi connectivity index (χ1n) is 5.86. The smallest absolute Gasteiger partial charge is 0.230 e. The van der Waals surface area contributed by atoms with E-state index in [0.717, 1.165) is 30.8 Å². The van der Waals surface area contributed by atoms with Crippen molar-refractivity contribution in [3.8, 4) is 0 Å². The van der Waals surface area contributed by atoms with Gasteiger partial charge in [0.05, 0.1) is 0 Å². The molecule has 1 amide bonds. The summed E-state index contributed by atoms with van der Waals surface area (Å²) in [6, 6.07) is 5.87.